The Kier molecular flexibility index (Phi) is 6.81. The molecule has 0 radical (unpaired) electrons. The van der Waals surface area contributed by atoms with Crippen molar-refractivity contribution < 1.29 is 24.2 Å². The lowest BCUT2D eigenvalue weighted by Crippen LogP contribution is -2.48. The molecule has 4 rings (SSSR count). The molecule has 1 amide bonds. The van der Waals surface area contributed by atoms with Gasteiger partial charge in [-0.3, -0.25) is 9.88 Å². The molecule has 2 aliphatic rings. The van der Waals surface area contributed by atoms with Crippen LogP contribution < -0.4 is 0 Å². The molecule has 2 heterocycles. The molecule has 1 aromatic heterocycles. The molecule has 8 heteroatoms. The van der Waals surface area contributed by atoms with E-state index >= 15 is 0 Å². The fourth-order valence-electron chi connectivity index (χ4n) is 5.12. The smallest absolute Gasteiger partial charge is 0.410 e. The predicted octanol–water partition coefficient (Wildman–Crippen LogP) is 4.89. The number of carbonyl (C=O) groups is 2. The predicted molar refractivity (Wildman–Crippen MR) is 121 cm³/mol. The maximum absolute atomic E-state index is 13.3. The highest BCUT2D eigenvalue weighted by Gasteiger charge is 2.57. The molecule has 32 heavy (non-hydrogen) atoms. The number of aromatic nitrogens is 1. The van der Waals surface area contributed by atoms with E-state index in [0.717, 1.165) is 47.7 Å². The second-order valence-electron chi connectivity index (χ2n) is 8.62. The van der Waals surface area contributed by atoms with Gasteiger partial charge in [-0.25, -0.2) is 9.59 Å². The number of carboxylic acids is 1. The number of amides is 1. The molecule has 1 aliphatic carbocycles. The molecule has 170 valence electrons. The van der Waals surface area contributed by atoms with Crippen LogP contribution in [0.1, 0.15) is 49.7 Å². The van der Waals surface area contributed by atoms with Crippen molar-refractivity contribution in [3.05, 3.63) is 64.4 Å². The first-order chi connectivity index (χ1) is 15.4. The van der Waals surface area contributed by atoms with Crippen LogP contribution in [0.2, 0.25) is 0 Å². The number of pyridine rings is 1. The number of benzene rings is 1. The van der Waals surface area contributed by atoms with E-state index in [1.807, 2.05) is 36.4 Å². The summed E-state index contributed by atoms with van der Waals surface area (Å²) < 4.78 is 12.5. The number of hydrogen-bond acceptors (Lipinski definition) is 5. The third-order valence-electron chi connectivity index (χ3n) is 6.55. The first-order valence-electron chi connectivity index (χ1n) is 10.9. The Morgan fingerprint density at radius 3 is 2.56 bits per heavy atom. The summed E-state index contributed by atoms with van der Waals surface area (Å²) in [7, 11) is 0. The molecule has 0 bridgehead atoms. The fourth-order valence-corrected chi connectivity index (χ4v) is 5.73. The van der Waals surface area contributed by atoms with Crippen LogP contribution in [0.3, 0.4) is 0 Å². The molecule has 1 N–H and O–H groups in total. The highest BCUT2D eigenvalue weighted by Crippen LogP contribution is 2.52. The Morgan fingerprint density at radius 2 is 1.88 bits per heavy atom. The molecule has 1 atom stereocenters. The average molecular weight is 503 g/mol. The minimum absolute atomic E-state index is 0.189. The topological polar surface area (TPSA) is 89.0 Å². The van der Waals surface area contributed by atoms with Crippen molar-refractivity contribution >= 4 is 28.0 Å². The molecule has 1 spiro atoms. The van der Waals surface area contributed by atoms with Crippen molar-refractivity contribution in [3.63, 3.8) is 0 Å². The zero-order valence-electron chi connectivity index (χ0n) is 17.8. The highest BCUT2D eigenvalue weighted by atomic mass is 79.9. The van der Waals surface area contributed by atoms with E-state index in [1.54, 1.807) is 17.3 Å². The van der Waals surface area contributed by atoms with Gasteiger partial charge in [0.25, 0.3) is 0 Å². The van der Waals surface area contributed by atoms with Crippen molar-refractivity contribution in [2.75, 3.05) is 13.2 Å². The summed E-state index contributed by atoms with van der Waals surface area (Å²) in [5.74, 6) is -1.04. The van der Waals surface area contributed by atoms with Gasteiger partial charge in [-0.15, -0.1) is 0 Å². The summed E-state index contributed by atoms with van der Waals surface area (Å²) in [6, 6.07) is 11.4. The van der Waals surface area contributed by atoms with Crippen LogP contribution in [0.15, 0.2) is 53.3 Å². The summed E-state index contributed by atoms with van der Waals surface area (Å²) in [6.07, 6.45) is 8.29. The van der Waals surface area contributed by atoms with Crippen LogP contribution >= 0.6 is 15.9 Å². The monoisotopic (exact) mass is 502 g/mol. The Hall–Kier alpha value is -2.45. The number of carbonyl (C=O) groups excluding carboxylic acids is 1. The van der Waals surface area contributed by atoms with Gasteiger partial charge < -0.3 is 14.6 Å². The number of likely N-dealkylation sites (tertiary alicyclic amines) is 1. The standard InChI is InChI=1S/C24H27BrN2O5/c25-20-13-26-12-9-19(20)24(32-15-21(28)29)16-23(10-5-2-6-11-23)27(17-24)22(30)31-14-18-7-3-1-4-8-18/h1,3-4,7-9,12-13H,2,5-6,10-11,14-17H2,(H,28,29). The Bertz CT molecular complexity index is 964. The van der Waals surface area contributed by atoms with Crippen molar-refractivity contribution in [3.8, 4) is 0 Å². The molecule has 2 fully saturated rings. The summed E-state index contributed by atoms with van der Waals surface area (Å²) in [4.78, 5) is 30.7. The fraction of sp³-hybridized carbons (Fsp3) is 0.458. The number of halogens is 1. The van der Waals surface area contributed by atoms with Crippen molar-refractivity contribution in [2.45, 2.75) is 56.3 Å². The zero-order valence-corrected chi connectivity index (χ0v) is 19.4. The molecular weight excluding hydrogens is 476 g/mol. The van der Waals surface area contributed by atoms with E-state index in [0.29, 0.717) is 6.42 Å². The molecule has 7 nitrogen and oxygen atoms in total. The molecular formula is C24H27BrN2O5. The van der Waals surface area contributed by atoms with Crippen LogP contribution in [-0.2, 0) is 26.5 Å². The Labute approximate surface area is 195 Å². The van der Waals surface area contributed by atoms with Crippen molar-refractivity contribution in [2.24, 2.45) is 0 Å². The van der Waals surface area contributed by atoms with Gasteiger partial charge in [0.2, 0.25) is 0 Å². The quantitative estimate of drug-likeness (QED) is 0.604. The molecule has 1 saturated carbocycles. The summed E-state index contributed by atoms with van der Waals surface area (Å²) >= 11 is 3.55. The van der Waals surface area contributed by atoms with E-state index in [4.69, 9.17) is 9.47 Å². The number of carboxylic acid groups (broad SMARTS) is 1. The van der Waals surface area contributed by atoms with Crippen molar-refractivity contribution in [1.82, 2.24) is 9.88 Å². The summed E-state index contributed by atoms with van der Waals surface area (Å²) in [6.45, 7) is -0.0253. The number of hydrogen-bond donors (Lipinski definition) is 1. The third-order valence-corrected chi connectivity index (χ3v) is 7.18. The normalized spacial score (nSPS) is 22.1. The molecule has 1 aliphatic heterocycles. The maximum atomic E-state index is 13.3. The van der Waals surface area contributed by atoms with Crippen LogP contribution in [0.25, 0.3) is 0 Å². The Balaban J connectivity index is 1.66. The highest BCUT2D eigenvalue weighted by molar-refractivity contribution is 9.10. The largest absolute Gasteiger partial charge is 0.480 e. The van der Waals surface area contributed by atoms with E-state index in [2.05, 4.69) is 20.9 Å². The third kappa shape index (κ3) is 4.66. The SMILES string of the molecule is O=C(O)COC1(c2ccncc2Br)CN(C(=O)OCc2ccccc2)C2(CCCCC2)C1. The maximum Gasteiger partial charge on any atom is 0.410 e. The van der Waals surface area contributed by atoms with Gasteiger partial charge in [-0.05, 0) is 40.4 Å². The van der Waals surface area contributed by atoms with Gasteiger partial charge in [0.05, 0.1) is 6.54 Å². The average Bonchev–Trinajstić information content (AvgIpc) is 3.12. The van der Waals surface area contributed by atoms with Gasteiger partial charge >= 0.3 is 12.1 Å². The first-order valence-corrected chi connectivity index (χ1v) is 11.7. The minimum Gasteiger partial charge on any atom is -0.480 e. The van der Waals surface area contributed by atoms with E-state index < -0.39 is 23.7 Å². The molecule has 2 aromatic rings. The van der Waals surface area contributed by atoms with E-state index in [9.17, 15) is 14.7 Å². The van der Waals surface area contributed by atoms with Gasteiger partial charge in [0, 0.05) is 34.4 Å². The van der Waals surface area contributed by atoms with Gasteiger partial charge in [-0.2, -0.15) is 0 Å². The lowest BCUT2D eigenvalue weighted by atomic mass is 9.76. The molecule has 1 saturated heterocycles. The number of ether oxygens (including phenoxy) is 2. The number of rotatable bonds is 6. The first kappa shape index (κ1) is 22.7. The lowest BCUT2D eigenvalue weighted by Gasteiger charge is -2.40. The van der Waals surface area contributed by atoms with Crippen molar-refractivity contribution in [1.29, 1.82) is 0 Å². The van der Waals surface area contributed by atoms with E-state index in [1.165, 1.54) is 0 Å². The Morgan fingerprint density at radius 1 is 1.12 bits per heavy atom. The van der Waals surface area contributed by atoms with Crippen LogP contribution in [0.5, 0.6) is 0 Å². The molecule has 1 unspecified atom stereocenters. The summed E-state index contributed by atoms with van der Waals surface area (Å²) in [5, 5.41) is 9.34. The lowest BCUT2D eigenvalue weighted by molar-refractivity contribution is -0.150. The van der Waals surface area contributed by atoms with Crippen LogP contribution in [0.4, 0.5) is 4.79 Å². The van der Waals surface area contributed by atoms with Gasteiger partial charge in [0.1, 0.15) is 18.8 Å². The number of nitrogens with zero attached hydrogens (tertiary/aromatic N) is 2. The number of aliphatic carboxylic acids is 1. The van der Waals surface area contributed by atoms with Crippen LogP contribution in [-0.4, -0.2) is 45.7 Å². The van der Waals surface area contributed by atoms with Gasteiger partial charge in [-0.1, -0.05) is 49.6 Å². The van der Waals surface area contributed by atoms with E-state index in [-0.39, 0.29) is 19.2 Å². The van der Waals surface area contributed by atoms with Gasteiger partial charge in [0.15, 0.2) is 0 Å². The zero-order chi connectivity index (χ0) is 22.6. The van der Waals surface area contributed by atoms with Crippen LogP contribution in [0, 0.1) is 0 Å². The molecule has 1 aromatic carbocycles. The second-order valence-corrected chi connectivity index (χ2v) is 9.47. The second kappa shape index (κ2) is 9.58. The minimum atomic E-state index is -1.04. The summed E-state index contributed by atoms with van der Waals surface area (Å²) in [5.41, 5.74) is 0.344.